The molecule has 230 valence electrons. The van der Waals surface area contributed by atoms with Crippen molar-refractivity contribution in [3.63, 3.8) is 0 Å². The van der Waals surface area contributed by atoms with Gasteiger partial charge in [0.15, 0.2) is 11.6 Å². The second-order valence-electron chi connectivity index (χ2n) is 10.7. The van der Waals surface area contributed by atoms with Crippen LogP contribution in [0.2, 0.25) is 0 Å². The summed E-state index contributed by atoms with van der Waals surface area (Å²) < 4.78 is 32.3. The summed E-state index contributed by atoms with van der Waals surface area (Å²) >= 11 is 0. The van der Waals surface area contributed by atoms with Gasteiger partial charge in [-0.05, 0) is 69.8 Å². The van der Waals surface area contributed by atoms with E-state index in [1.807, 2.05) is 13.8 Å². The van der Waals surface area contributed by atoms with Crippen molar-refractivity contribution in [2.75, 3.05) is 42.1 Å². The van der Waals surface area contributed by atoms with E-state index in [1.165, 1.54) is 23.2 Å². The van der Waals surface area contributed by atoms with E-state index in [-0.39, 0.29) is 17.9 Å². The molecule has 0 atom stereocenters. The molecule has 3 rings (SSSR count). The van der Waals surface area contributed by atoms with E-state index in [4.69, 9.17) is 4.74 Å². The van der Waals surface area contributed by atoms with Gasteiger partial charge in [-0.2, -0.15) is 0 Å². The van der Waals surface area contributed by atoms with Crippen molar-refractivity contribution < 1.29 is 27.9 Å². The van der Waals surface area contributed by atoms with Crippen LogP contribution in [-0.2, 0) is 11.3 Å². The molecule has 12 heteroatoms. The number of pyridine rings is 1. The summed E-state index contributed by atoms with van der Waals surface area (Å²) in [7, 11) is 0. The zero-order chi connectivity index (χ0) is 31.6. The van der Waals surface area contributed by atoms with Crippen molar-refractivity contribution in [2.45, 2.75) is 46.8 Å². The minimum atomic E-state index is -1.06. The molecule has 0 saturated heterocycles. The van der Waals surface area contributed by atoms with E-state index in [1.54, 1.807) is 51.1 Å². The zero-order valence-electron chi connectivity index (χ0n) is 25.0. The molecule has 0 aliphatic rings. The molecule has 0 aliphatic heterocycles. The van der Waals surface area contributed by atoms with E-state index in [2.05, 4.69) is 25.8 Å². The molecule has 10 nitrogen and oxygen atoms in total. The smallest absolute Gasteiger partial charge is 0.412 e. The van der Waals surface area contributed by atoms with Crippen molar-refractivity contribution in [1.29, 1.82) is 0 Å². The van der Waals surface area contributed by atoms with Gasteiger partial charge in [-0.15, -0.1) is 0 Å². The number of likely N-dealkylation sites (N-methyl/N-ethyl adjacent to an activating group) is 1. The number of para-hydroxylation sites is 2. The molecule has 0 fully saturated rings. The predicted octanol–water partition coefficient (Wildman–Crippen LogP) is 6.34. The molecule has 0 aliphatic carbocycles. The Morgan fingerprint density at radius 1 is 0.860 bits per heavy atom. The van der Waals surface area contributed by atoms with Gasteiger partial charge in [0.2, 0.25) is 0 Å². The monoisotopic (exact) mass is 596 g/mol. The highest BCUT2D eigenvalue weighted by Crippen LogP contribution is 2.23. The number of nitrogens with zero attached hydrogens (tertiary/aromatic N) is 3. The maximum Gasteiger partial charge on any atom is 0.412 e. The first-order chi connectivity index (χ1) is 20.4. The second-order valence-corrected chi connectivity index (χ2v) is 10.7. The predicted molar refractivity (Wildman–Crippen MR) is 162 cm³/mol. The number of carbonyl (C=O) groups excluding carboxylic acids is 3. The largest absolute Gasteiger partial charge is 0.444 e. The molecule has 4 amide bonds. The number of aromatic nitrogens is 1. The first kappa shape index (κ1) is 32.9. The molecule has 0 spiro atoms. The van der Waals surface area contributed by atoms with Crippen molar-refractivity contribution in [3.05, 3.63) is 83.7 Å². The molecule has 0 radical (unpaired) electrons. The number of rotatable bonds is 11. The Bertz CT molecular complexity index is 1410. The first-order valence-corrected chi connectivity index (χ1v) is 14.0. The summed E-state index contributed by atoms with van der Waals surface area (Å²) in [5.41, 5.74) is 0.941. The van der Waals surface area contributed by atoms with Gasteiger partial charge in [0.1, 0.15) is 11.3 Å². The Hall–Kier alpha value is -4.58. The average Bonchev–Trinajstić information content (AvgIpc) is 2.95. The summed E-state index contributed by atoms with van der Waals surface area (Å²) in [6.07, 6.45) is 0.838. The van der Waals surface area contributed by atoms with Gasteiger partial charge in [0.25, 0.3) is 5.91 Å². The highest BCUT2D eigenvalue weighted by Gasteiger charge is 2.19. The summed E-state index contributed by atoms with van der Waals surface area (Å²) in [6.45, 7) is 12.0. The van der Waals surface area contributed by atoms with Gasteiger partial charge in [-0.3, -0.25) is 15.1 Å². The number of nitrogens with one attached hydrogen (secondary N) is 3. The molecule has 1 heterocycles. The van der Waals surface area contributed by atoms with Gasteiger partial charge < -0.3 is 25.2 Å². The Morgan fingerprint density at radius 3 is 2.12 bits per heavy atom. The molecular weight excluding hydrogens is 558 g/mol. The van der Waals surface area contributed by atoms with Crippen molar-refractivity contribution in [2.24, 2.45) is 0 Å². The molecule has 0 unspecified atom stereocenters. The fraction of sp³-hybridized carbons (Fsp3) is 0.355. The number of hydrogen-bond donors (Lipinski definition) is 3. The quantitative estimate of drug-likeness (QED) is 0.238. The van der Waals surface area contributed by atoms with Crippen LogP contribution in [0.25, 0.3) is 0 Å². The lowest BCUT2D eigenvalue weighted by molar-refractivity contribution is 0.0635. The maximum atomic E-state index is 13.7. The molecule has 2 aromatic carbocycles. The number of hydrogen-bond acceptors (Lipinski definition) is 6. The standard InChI is InChI=1S/C31H38F2N6O4/c1-6-38(7-2)16-17-39(29(41)35-22-13-14-23(32)24(33)18-22)20-21-12-15-27(34-19-21)28(40)36-25-10-8-9-11-26(25)37-30(42)43-31(3,4)5/h8-15,18-19H,6-7,16-17,20H2,1-5H3,(H,35,41)(H,36,40)(H,37,42). The Balaban J connectivity index is 1.70. The highest BCUT2D eigenvalue weighted by atomic mass is 19.2. The molecule has 3 aromatic rings. The van der Waals surface area contributed by atoms with Crippen LogP contribution in [0.5, 0.6) is 0 Å². The first-order valence-electron chi connectivity index (χ1n) is 14.0. The summed E-state index contributed by atoms with van der Waals surface area (Å²) in [5, 5.41) is 8.00. The third-order valence-electron chi connectivity index (χ3n) is 6.28. The van der Waals surface area contributed by atoms with Crippen molar-refractivity contribution in [1.82, 2.24) is 14.8 Å². The van der Waals surface area contributed by atoms with E-state index in [0.717, 1.165) is 25.2 Å². The molecule has 0 saturated carbocycles. The summed E-state index contributed by atoms with van der Waals surface area (Å²) in [5.74, 6) is -2.57. The van der Waals surface area contributed by atoms with E-state index < -0.39 is 35.3 Å². The number of anilines is 3. The van der Waals surface area contributed by atoms with Crippen molar-refractivity contribution in [3.8, 4) is 0 Å². The maximum absolute atomic E-state index is 13.7. The number of amides is 4. The number of urea groups is 1. The van der Waals surface area contributed by atoms with Crippen LogP contribution in [0.1, 0.15) is 50.7 Å². The topological polar surface area (TPSA) is 116 Å². The number of benzene rings is 2. The number of ether oxygens (including phenoxy) is 1. The zero-order valence-corrected chi connectivity index (χ0v) is 25.0. The minimum Gasteiger partial charge on any atom is -0.444 e. The number of halogens is 2. The van der Waals surface area contributed by atoms with E-state index >= 15 is 0 Å². The Morgan fingerprint density at radius 2 is 1.53 bits per heavy atom. The van der Waals surface area contributed by atoms with Crippen LogP contribution in [0.15, 0.2) is 60.8 Å². The van der Waals surface area contributed by atoms with E-state index in [9.17, 15) is 23.2 Å². The van der Waals surface area contributed by atoms with Crippen LogP contribution in [0.3, 0.4) is 0 Å². The Kier molecular flexibility index (Phi) is 11.5. The van der Waals surface area contributed by atoms with Crippen molar-refractivity contribution >= 4 is 35.1 Å². The average molecular weight is 597 g/mol. The van der Waals surface area contributed by atoms with E-state index in [0.29, 0.717) is 30.0 Å². The Labute approximate surface area is 250 Å². The van der Waals surface area contributed by atoms with Crippen LogP contribution in [0.4, 0.5) is 35.4 Å². The normalized spacial score (nSPS) is 11.2. The van der Waals surface area contributed by atoms with Gasteiger partial charge in [-0.1, -0.05) is 32.0 Å². The van der Waals surface area contributed by atoms with Gasteiger partial charge in [0.05, 0.1) is 11.4 Å². The third kappa shape index (κ3) is 10.3. The summed E-state index contributed by atoms with van der Waals surface area (Å²) in [6, 6.07) is 12.6. The highest BCUT2D eigenvalue weighted by molar-refractivity contribution is 6.05. The molecular formula is C31H38F2N6O4. The molecule has 1 aromatic heterocycles. The molecule has 0 bridgehead atoms. The fourth-order valence-electron chi connectivity index (χ4n) is 4.00. The van der Waals surface area contributed by atoms with Gasteiger partial charge in [0, 0.05) is 37.6 Å². The lowest BCUT2D eigenvalue weighted by Gasteiger charge is -2.27. The number of carbonyl (C=O) groups is 3. The third-order valence-corrected chi connectivity index (χ3v) is 6.28. The summed E-state index contributed by atoms with van der Waals surface area (Å²) in [4.78, 5) is 46.3. The molecule has 43 heavy (non-hydrogen) atoms. The fourth-order valence-corrected chi connectivity index (χ4v) is 4.00. The van der Waals surface area contributed by atoms with Gasteiger partial charge >= 0.3 is 12.1 Å². The van der Waals surface area contributed by atoms with Gasteiger partial charge in [-0.25, -0.2) is 18.4 Å². The van der Waals surface area contributed by atoms with Crippen LogP contribution in [-0.4, -0.2) is 64.6 Å². The lowest BCUT2D eigenvalue weighted by Crippen LogP contribution is -2.40. The minimum absolute atomic E-state index is 0.122. The lowest BCUT2D eigenvalue weighted by atomic mass is 10.2. The SMILES string of the molecule is CCN(CC)CCN(Cc1ccc(C(=O)Nc2ccccc2NC(=O)OC(C)(C)C)nc1)C(=O)Nc1ccc(F)c(F)c1. The van der Waals surface area contributed by atoms with Crippen LogP contribution >= 0.6 is 0 Å². The second kappa shape index (κ2) is 15.1. The van der Waals surface area contributed by atoms with Crippen LogP contribution in [0, 0.1) is 11.6 Å². The molecule has 3 N–H and O–H groups in total. The van der Waals surface area contributed by atoms with Crippen LogP contribution < -0.4 is 16.0 Å².